The highest BCUT2D eigenvalue weighted by Crippen LogP contribution is 2.21. The predicted octanol–water partition coefficient (Wildman–Crippen LogP) is 1.64. The molecule has 4 nitrogen and oxygen atoms in total. The van der Waals surface area contributed by atoms with Crippen LogP contribution in [0.1, 0.15) is 27.2 Å². The van der Waals surface area contributed by atoms with E-state index in [-0.39, 0.29) is 17.9 Å². The number of carbonyl (C=O) groups is 2. The minimum atomic E-state index is -0.308. The molecule has 1 aliphatic rings. The van der Waals surface area contributed by atoms with Gasteiger partial charge in [0.1, 0.15) is 0 Å². The maximum Gasteiger partial charge on any atom is 0.331 e. The Labute approximate surface area is 95.2 Å². The second kappa shape index (κ2) is 4.70. The summed E-state index contributed by atoms with van der Waals surface area (Å²) in [7, 11) is 0. The summed E-state index contributed by atoms with van der Waals surface area (Å²) >= 11 is 5.16. The number of amides is 3. The molecule has 5 heteroatoms. The monoisotopic (exact) mass is 228 g/mol. The summed E-state index contributed by atoms with van der Waals surface area (Å²) in [6, 6.07) is -0.278. The zero-order valence-corrected chi connectivity index (χ0v) is 10.1. The molecular formula is C10H16N2O2S. The molecule has 1 heterocycles. The molecule has 0 aromatic carbocycles. The van der Waals surface area contributed by atoms with Crippen molar-refractivity contribution in [3.63, 3.8) is 0 Å². The molecule has 1 rings (SSSR count). The van der Waals surface area contributed by atoms with E-state index in [0.29, 0.717) is 24.5 Å². The van der Waals surface area contributed by atoms with Crippen molar-refractivity contribution < 1.29 is 9.59 Å². The first-order chi connectivity index (χ1) is 7.08. The van der Waals surface area contributed by atoms with Crippen molar-refractivity contribution in [2.24, 2.45) is 5.92 Å². The van der Waals surface area contributed by atoms with Crippen molar-refractivity contribution >= 4 is 29.1 Å². The molecular weight excluding hydrogens is 212 g/mol. The molecule has 0 N–H and O–H groups in total. The van der Waals surface area contributed by atoms with Gasteiger partial charge in [-0.3, -0.25) is 14.6 Å². The Morgan fingerprint density at radius 2 is 1.67 bits per heavy atom. The normalized spacial score (nSPS) is 22.6. The highest BCUT2D eigenvalue weighted by atomic mass is 32.1. The van der Waals surface area contributed by atoms with E-state index in [9.17, 15) is 9.59 Å². The molecule has 0 bridgehead atoms. The van der Waals surface area contributed by atoms with Crippen molar-refractivity contribution in [3.05, 3.63) is 0 Å². The van der Waals surface area contributed by atoms with Gasteiger partial charge in [0.25, 0.3) is 0 Å². The van der Waals surface area contributed by atoms with Crippen LogP contribution in [0.4, 0.5) is 4.79 Å². The molecule has 1 unspecified atom stereocenters. The standard InChI is InChI=1S/C10H16N2O2S/c1-4-7-8(13)11(5-2)10(14)12(6-3)9(7)15/h7H,4-6H2,1-3H3. The fraction of sp³-hybridized carbons (Fsp3) is 0.700. The number of nitrogens with zero attached hydrogens (tertiary/aromatic N) is 2. The highest BCUT2D eigenvalue weighted by molar-refractivity contribution is 7.80. The van der Waals surface area contributed by atoms with Crippen molar-refractivity contribution in [1.82, 2.24) is 9.80 Å². The first-order valence-corrected chi connectivity index (χ1v) is 5.65. The number of hydrogen-bond donors (Lipinski definition) is 0. The molecule has 0 aliphatic carbocycles. The summed E-state index contributed by atoms with van der Waals surface area (Å²) in [5.41, 5.74) is 0. The van der Waals surface area contributed by atoms with Gasteiger partial charge in [-0.15, -0.1) is 0 Å². The zero-order valence-electron chi connectivity index (χ0n) is 9.32. The molecule has 0 radical (unpaired) electrons. The van der Waals surface area contributed by atoms with Gasteiger partial charge in [0.2, 0.25) is 5.91 Å². The Hall–Kier alpha value is -0.970. The first kappa shape index (κ1) is 12.1. The van der Waals surface area contributed by atoms with E-state index >= 15 is 0 Å². The Bertz CT molecular complexity index is 238. The summed E-state index contributed by atoms with van der Waals surface area (Å²) < 4.78 is 0. The van der Waals surface area contributed by atoms with Crippen LogP contribution in [0, 0.1) is 5.92 Å². The predicted molar refractivity (Wildman–Crippen MR) is 61.5 cm³/mol. The number of urea groups is 1. The SMILES string of the molecule is CCC1C(=O)N(CC)C(=O)N(CC)C1=S. The molecule has 0 saturated carbocycles. The molecule has 84 valence electrons. The van der Waals surface area contributed by atoms with Gasteiger partial charge >= 0.3 is 6.03 Å². The summed E-state index contributed by atoms with van der Waals surface area (Å²) in [6.45, 7) is 6.50. The Morgan fingerprint density at radius 3 is 2.07 bits per heavy atom. The largest absolute Gasteiger partial charge is 0.331 e. The minimum Gasteiger partial charge on any atom is -0.287 e. The fourth-order valence-corrected chi connectivity index (χ4v) is 2.22. The number of imide groups is 1. The van der Waals surface area contributed by atoms with Crippen LogP contribution >= 0.6 is 12.2 Å². The summed E-state index contributed by atoms with van der Waals surface area (Å²) in [4.78, 5) is 26.9. The van der Waals surface area contributed by atoms with Crippen molar-refractivity contribution in [2.75, 3.05) is 13.1 Å². The number of rotatable bonds is 3. The van der Waals surface area contributed by atoms with Gasteiger partial charge in [-0.05, 0) is 20.3 Å². The van der Waals surface area contributed by atoms with Gasteiger partial charge in [-0.1, -0.05) is 19.1 Å². The summed E-state index contributed by atoms with van der Waals surface area (Å²) in [5.74, 6) is -0.461. The van der Waals surface area contributed by atoms with E-state index in [4.69, 9.17) is 12.2 Å². The molecule has 0 spiro atoms. The van der Waals surface area contributed by atoms with Crippen LogP contribution < -0.4 is 0 Å². The van der Waals surface area contributed by atoms with Crippen LogP contribution in [0.5, 0.6) is 0 Å². The van der Waals surface area contributed by atoms with Crippen LogP contribution in [0.3, 0.4) is 0 Å². The van der Waals surface area contributed by atoms with Gasteiger partial charge in [-0.25, -0.2) is 4.79 Å². The molecule has 1 atom stereocenters. The van der Waals surface area contributed by atoms with Crippen LogP contribution in [0.25, 0.3) is 0 Å². The third kappa shape index (κ3) is 1.88. The lowest BCUT2D eigenvalue weighted by molar-refractivity contribution is -0.131. The van der Waals surface area contributed by atoms with E-state index in [1.54, 1.807) is 6.92 Å². The summed E-state index contributed by atoms with van der Waals surface area (Å²) in [6.07, 6.45) is 0.651. The van der Waals surface area contributed by atoms with E-state index in [0.717, 1.165) is 0 Å². The van der Waals surface area contributed by atoms with Crippen molar-refractivity contribution in [3.8, 4) is 0 Å². The quantitative estimate of drug-likeness (QED) is 0.690. The lowest BCUT2D eigenvalue weighted by atomic mass is 10.0. The van der Waals surface area contributed by atoms with Gasteiger partial charge in [0.15, 0.2) is 0 Å². The molecule has 0 aromatic heterocycles. The molecule has 15 heavy (non-hydrogen) atoms. The Kier molecular flexibility index (Phi) is 3.79. The maximum atomic E-state index is 11.9. The topological polar surface area (TPSA) is 40.6 Å². The lowest BCUT2D eigenvalue weighted by Gasteiger charge is -2.37. The van der Waals surface area contributed by atoms with E-state index < -0.39 is 0 Å². The zero-order chi connectivity index (χ0) is 11.6. The number of hydrogen-bond acceptors (Lipinski definition) is 3. The maximum absolute atomic E-state index is 11.9. The van der Waals surface area contributed by atoms with E-state index in [2.05, 4.69) is 0 Å². The minimum absolute atomic E-state index is 0.153. The molecule has 3 amide bonds. The third-order valence-electron chi connectivity index (χ3n) is 2.63. The smallest absolute Gasteiger partial charge is 0.287 e. The van der Waals surface area contributed by atoms with Crippen LogP contribution in [-0.4, -0.2) is 39.8 Å². The molecule has 1 saturated heterocycles. The van der Waals surface area contributed by atoms with Gasteiger partial charge < -0.3 is 0 Å². The molecule has 1 fully saturated rings. The molecule has 1 aliphatic heterocycles. The second-order valence-electron chi connectivity index (χ2n) is 3.41. The van der Waals surface area contributed by atoms with Crippen molar-refractivity contribution in [2.45, 2.75) is 27.2 Å². The van der Waals surface area contributed by atoms with Crippen molar-refractivity contribution in [1.29, 1.82) is 0 Å². The number of thiocarbonyl (C=S) groups is 1. The highest BCUT2D eigenvalue weighted by Gasteiger charge is 2.40. The van der Waals surface area contributed by atoms with E-state index in [1.807, 2.05) is 13.8 Å². The van der Waals surface area contributed by atoms with Crippen LogP contribution in [0.2, 0.25) is 0 Å². The van der Waals surface area contributed by atoms with Gasteiger partial charge in [0.05, 0.1) is 10.9 Å². The van der Waals surface area contributed by atoms with E-state index in [1.165, 1.54) is 9.80 Å². The molecule has 0 aromatic rings. The Balaban J connectivity index is 3.03. The summed E-state index contributed by atoms with van der Waals surface area (Å²) in [5, 5.41) is 0. The van der Waals surface area contributed by atoms with Crippen LogP contribution in [-0.2, 0) is 4.79 Å². The average molecular weight is 228 g/mol. The third-order valence-corrected chi connectivity index (χ3v) is 3.14. The van der Waals surface area contributed by atoms with Crippen LogP contribution in [0.15, 0.2) is 0 Å². The Morgan fingerprint density at radius 1 is 1.13 bits per heavy atom. The lowest BCUT2D eigenvalue weighted by Crippen LogP contribution is -2.58. The second-order valence-corrected chi connectivity index (χ2v) is 3.83. The average Bonchev–Trinajstić information content (AvgIpc) is 2.19. The fourth-order valence-electron chi connectivity index (χ4n) is 1.75. The number of carbonyl (C=O) groups excluding carboxylic acids is 2. The first-order valence-electron chi connectivity index (χ1n) is 5.25. The van der Waals surface area contributed by atoms with Gasteiger partial charge in [0, 0.05) is 13.1 Å². The van der Waals surface area contributed by atoms with Gasteiger partial charge in [-0.2, -0.15) is 0 Å².